The van der Waals surface area contributed by atoms with E-state index in [4.69, 9.17) is 0 Å². The Hall–Kier alpha value is -2.02. The van der Waals surface area contributed by atoms with Crippen molar-refractivity contribution in [3.63, 3.8) is 0 Å². The number of amides is 3. The molecule has 8 nitrogen and oxygen atoms in total. The molecule has 3 amide bonds. The van der Waals surface area contributed by atoms with Gasteiger partial charge in [0.05, 0.1) is 6.54 Å². The number of hydrogen-bond acceptors (Lipinski definition) is 4. The average molecular weight is 466 g/mol. The van der Waals surface area contributed by atoms with Crippen molar-refractivity contribution in [2.75, 3.05) is 12.7 Å². The number of quaternary nitrogens is 1. The second-order valence-corrected chi connectivity index (χ2v) is 11.7. The van der Waals surface area contributed by atoms with Crippen LogP contribution in [0.3, 0.4) is 0 Å². The fourth-order valence-corrected chi connectivity index (χ4v) is 6.78. The van der Waals surface area contributed by atoms with Crippen molar-refractivity contribution in [2.24, 2.45) is 5.92 Å². The molecule has 4 atom stereocenters. The van der Waals surface area contributed by atoms with Crippen molar-refractivity contribution in [2.45, 2.75) is 70.1 Å². The molecule has 1 heterocycles. The highest BCUT2D eigenvalue weighted by Gasteiger charge is 2.55. The topological polar surface area (TPSA) is 121 Å². The fraction of sp³-hybridized carbons (Fsp3) is 0.609. The number of benzene rings is 1. The summed E-state index contributed by atoms with van der Waals surface area (Å²) in [5.74, 6) is -2.28. The highest BCUT2D eigenvalue weighted by atomic mass is 31.2. The molecule has 0 bridgehead atoms. The summed E-state index contributed by atoms with van der Waals surface area (Å²) in [6.45, 7) is 1.81. The van der Waals surface area contributed by atoms with Crippen LogP contribution in [0.4, 0.5) is 4.79 Å². The van der Waals surface area contributed by atoms with E-state index in [1.54, 1.807) is 6.92 Å². The molecule has 2 fully saturated rings. The maximum atomic E-state index is 13.4. The van der Waals surface area contributed by atoms with Crippen LogP contribution in [-0.2, 0) is 20.6 Å². The average Bonchev–Trinajstić information content (AvgIpc) is 3.41. The lowest BCUT2D eigenvalue weighted by Crippen LogP contribution is -2.59. The third kappa shape index (κ3) is 5.30. The maximum absolute atomic E-state index is 13.4. The number of aryl methyl sites for hydroxylation is 1. The molecule has 3 unspecified atom stereocenters. The molecular weight excluding hydrogens is 431 g/mol. The first-order valence-electron chi connectivity index (χ1n) is 11.5. The van der Waals surface area contributed by atoms with Crippen molar-refractivity contribution in [1.29, 1.82) is 0 Å². The van der Waals surface area contributed by atoms with Crippen molar-refractivity contribution in [3.05, 3.63) is 35.9 Å². The predicted octanol–water partition coefficient (Wildman–Crippen LogP) is 3.73. The van der Waals surface area contributed by atoms with Gasteiger partial charge in [0.2, 0.25) is 13.3 Å². The highest BCUT2D eigenvalue weighted by Crippen LogP contribution is 2.48. The van der Waals surface area contributed by atoms with Gasteiger partial charge in [0.25, 0.3) is 0 Å². The monoisotopic (exact) mass is 465 g/mol. The summed E-state index contributed by atoms with van der Waals surface area (Å²) in [7, 11) is -4.21. The number of rotatable bonds is 8. The minimum Gasteiger partial charge on any atom is -0.435 e. The summed E-state index contributed by atoms with van der Waals surface area (Å²) in [4.78, 5) is 48.8. The van der Waals surface area contributed by atoms with E-state index in [0.29, 0.717) is 19.3 Å². The fourth-order valence-electron chi connectivity index (χ4n) is 5.06. The zero-order valence-electron chi connectivity index (χ0n) is 18.6. The Morgan fingerprint density at radius 2 is 1.78 bits per heavy atom. The second-order valence-electron chi connectivity index (χ2n) is 9.20. The SMILES string of the molecule is C[C@@H]1CCC[N+]1(C(=O)O)C(=O)CP(=O)(O)C(CCc1ccccc1)NC(=O)C1CCCC1. The maximum Gasteiger partial charge on any atom is 0.521 e. The van der Waals surface area contributed by atoms with Gasteiger partial charge in [-0.05, 0) is 38.2 Å². The van der Waals surface area contributed by atoms with Crippen LogP contribution in [0.15, 0.2) is 30.3 Å². The summed E-state index contributed by atoms with van der Waals surface area (Å²) in [6.07, 6.45) is 3.19. The molecule has 1 aromatic carbocycles. The summed E-state index contributed by atoms with van der Waals surface area (Å²) >= 11 is 0. The van der Waals surface area contributed by atoms with Crippen LogP contribution >= 0.6 is 7.37 Å². The number of nitrogens with zero attached hydrogens (tertiary/aromatic N) is 1. The van der Waals surface area contributed by atoms with Gasteiger partial charge < -0.3 is 15.3 Å². The highest BCUT2D eigenvalue weighted by molar-refractivity contribution is 7.59. The largest absolute Gasteiger partial charge is 0.521 e. The molecule has 32 heavy (non-hydrogen) atoms. The van der Waals surface area contributed by atoms with E-state index in [0.717, 1.165) is 31.2 Å². The molecule has 3 rings (SSSR count). The molecule has 3 N–H and O–H groups in total. The van der Waals surface area contributed by atoms with Gasteiger partial charge in [0, 0.05) is 18.8 Å². The van der Waals surface area contributed by atoms with E-state index in [2.05, 4.69) is 5.32 Å². The summed E-state index contributed by atoms with van der Waals surface area (Å²) in [5, 5.41) is 12.6. The minimum atomic E-state index is -4.21. The van der Waals surface area contributed by atoms with E-state index in [-0.39, 0.29) is 24.8 Å². The van der Waals surface area contributed by atoms with E-state index in [1.807, 2.05) is 30.3 Å². The van der Waals surface area contributed by atoms with Gasteiger partial charge in [0.15, 0.2) is 0 Å². The van der Waals surface area contributed by atoms with E-state index in [1.165, 1.54) is 0 Å². The lowest BCUT2D eigenvalue weighted by molar-refractivity contribution is -0.791. The lowest BCUT2D eigenvalue weighted by Gasteiger charge is -2.32. The van der Waals surface area contributed by atoms with Gasteiger partial charge in [0.1, 0.15) is 18.0 Å². The first kappa shape index (κ1) is 24.6. The Morgan fingerprint density at radius 1 is 1.12 bits per heavy atom. The van der Waals surface area contributed by atoms with Crippen LogP contribution < -0.4 is 5.32 Å². The molecule has 0 spiro atoms. The molecule has 1 aromatic rings. The van der Waals surface area contributed by atoms with Crippen molar-refractivity contribution in [1.82, 2.24) is 5.32 Å². The molecule has 1 saturated heterocycles. The van der Waals surface area contributed by atoms with Gasteiger partial charge in [-0.15, -0.1) is 0 Å². The number of carbonyl (C=O) groups is 3. The Labute approximate surface area is 189 Å². The molecule has 1 saturated carbocycles. The van der Waals surface area contributed by atoms with E-state index < -0.39 is 41.8 Å². The first-order valence-corrected chi connectivity index (χ1v) is 13.4. The Kier molecular flexibility index (Phi) is 7.91. The molecule has 176 valence electrons. The third-order valence-corrected chi connectivity index (χ3v) is 9.19. The van der Waals surface area contributed by atoms with Gasteiger partial charge >= 0.3 is 12.0 Å². The van der Waals surface area contributed by atoms with Gasteiger partial charge in [-0.1, -0.05) is 43.2 Å². The van der Waals surface area contributed by atoms with Crippen LogP contribution in [0, 0.1) is 5.92 Å². The van der Waals surface area contributed by atoms with Gasteiger partial charge in [-0.25, -0.2) is 4.79 Å². The van der Waals surface area contributed by atoms with E-state index >= 15 is 0 Å². The molecule has 9 heteroatoms. The minimum absolute atomic E-state index is 0.123. The summed E-state index contributed by atoms with van der Waals surface area (Å²) in [5.41, 5.74) is 0.959. The Morgan fingerprint density at radius 3 is 2.34 bits per heavy atom. The zero-order valence-corrected chi connectivity index (χ0v) is 19.5. The second kappa shape index (κ2) is 10.3. The van der Waals surface area contributed by atoms with Crippen LogP contribution in [0.2, 0.25) is 0 Å². The number of hydrogen-bond donors (Lipinski definition) is 3. The third-order valence-electron chi connectivity index (χ3n) is 7.10. The van der Waals surface area contributed by atoms with Gasteiger partial charge in [-0.3, -0.25) is 9.36 Å². The molecule has 2 aliphatic rings. The quantitative estimate of drug-likeness (QED) is 0.397. The van der Waals surface area contributed by atoms with Crippen LogP contribution in [0.1, 0.15) is 57.4 Å². The molecule has 0 radical (unpaired) electrons. The lowest BCUT2D eigenvalue weighted by atomic mass is 10.1. The number of likely N-dealkylation sites (tertiary alicyclic amines) is 1. The van der Waals surface area contributed by atoms with Crippen LogP contribution in [0.25, 0.3) is 0 Å². The predicted molar refractivity (Wildman–Crippen MR) is 120 cm³/mol. The van der Waals surface area contributed by atoms with Gasteiger partial charge in [-0.2, -0.15) is 9.28 Å². The van der Waals surface area contributed by atoms with Crippen molar-refractivity contribution >= 4 is 25.3 Å². The summed E-state index contributed by atoms with van der Waals surface area (Å²) in [6, 6.07) is 8.98. The van der Waals surface area contributed by atoms with Crippen molar-refractivity contribution < 1.29 is 33.4 Å². The smallest absolute Gasteiger partial charge is 0.435 e. The normalized spacial score (nSPS) is 26.4. The molecular formula is C23H34N2O6P+. The van der Waals surface area contributed by atoms with Crippen molar-refractivity contribution in [3.8, 4) is 0 Å². The number of imide groups is 1. The Bertz CT molecular complexity index is 886. The molecule has 1 aliphatic carbocycles. The molecule has 0 aromatic heterocycles. The standard InChI is InChI=1S/C23H33N2O6P/c1-17-8-7-15-25(17,23(28)29)21(26)16-32(30,31)20(14-13-18-9-3-2-4-10-18)24-22(27)19-11-5-6-12-19/h2-4,9-10,17,19-20H,5-8,11-16H2,1H3,(H2-,24,27,28,29,30,31)/p+1/t17-,20?,25?/m1/s1. The van der Waals surface area contributed by atoms with E-state index in [9.17, 15) is 28.9 Å². The molecule has 1 aliphatic heterocycles. The Balaban J connectivity index is 1.78. The number of carboxylic acid groups (broad SMARTS) is 1. The zero-order chi connectivity index (χ0) is 23.4. The van der Waals surface area contributed by atoms with Crippen LogP contribution in [0.5, 0.6) is 0 Å². The summed E-state index contributed by atoms with van der Waals surface area (Å²) < 4.78 is 12.6. The number of carbonyl (C=O) groups excluding carboxylic acids is 2. The first-order chi connectivity index (χ1) is 15.2. The van der Waals surface area contributed by atoms with Crippen LogP contribution in [-0.4, -0.2) is 56.9 Å². The number of nitrogens with one attached hydrogen (secondary N) is 1.